The third kappa shape index (κ3) is 2.29. The smallest absolute Gasteiger partial charge is 0.236 e. The molecule has 3 unspecified atom stereocenters. The highest BCUT2D eigenvalue weighted by Crippen LogP contribution is 2.43. The number of nitrogens with two attached hydrogens (primary N) is 1. The molecule has 1 heterocycles. The lowest BCUT2D eigenvalue weighted by atomic mass is 9.72. The Balaban J connectivity index is 1.79. The number of amides is 1. The Morgan fingerprint density at radius 3 is 2.52 bits per heavy atom. The third-order valence-electron chi connectivity index (χ3n) is 5.82. The molecule has 4 N–H and O–H groups in total. The molecule has 3 rings (SSSR count). The molecule has 6 heteroatoms. The van der Waals surface area contributed by atoms with Gasteiger partial charge in [0, 0.05) is 19.0 Å². The minimum absolute atomic E-state index is 0.000833. The van der Waals surface area contributed by atoms with Crippen LogP contribution in [-0.2, 0) is 4.79 Å². The van der Waals surface area contributed by atoms with Crippen molar-refractivity contribution in [3.8, 4) is 0 Å². The minimum Gasteiger partial charge on any atom is -0.409 e. The van der Waals surface area contributed by atoms with Crippen molar-refractivity contribution in [3.05, 3.63) is 0 Å². The SMILES string of the molecule is NC(=NO)C1(C(=O)N2CC3CCC(O)C3C2)CCCCC1. The van der Waals surface area contributed by atoms with Gasteiger partial charge in [-0.1, -0.05) is 24.4 Å². The molecule has 3 atom stereocenters. The van der Waals surface area contributed by atoms with Crippen molar-refractivity contribution < 1.29 is 15.1 Å². The molecule has 0 bridgehead atoms. The van der Waals surface area contributed by atoms with Gasteiger partial charge in [0.25, 0.3) is 0 Å². The van der Waals surface area contributed by atoms with E-state index < -0.39 is 5.41 Å². The number of carbonyl (C=O) groups is 1. The Bertz CT molecular complexity index is 445. The lowest BCUT2D eigenvalue weighted by molar-refractivity contribution is -0.139. The molecule has 0 radical (unpaired) electrons. The van der Waals surface area contributed by atoms with Gasteiger partial charge >= 0.3 is 0 Å². The van der Waals surface area contributed by atoms with Crippen molar-refractivity contribution in [2.24, 2.45) is 28.1 Å². The summed E-state index contributed by atoms with van der Waals surface area (Å²) in [7, 11) is 0. The second-order valence-corrected chi connectivity index (χ2v) is 6.91. The van der Waals surface area contributed by atoms with Gasteiger partial charge in [-0.05, 0) is 31.6 Å². The largest absolute Gasteiger partial charge is 0.409 e. The summed E-state index contributed by atoms with van der Waals surface area (Å²) in [5, 5.41) is 22.3. The maximum Gasteiger partial charge on any atom is 0.236 e. The van der Waals surface area contributed by atoms with Crippen LogP contribution in [0.1, 0.15) is 44.9 Å². The fourth-order valence-electron chi connectivity index (χ4n) is 4.54. The van der Waals surface area contributed by atoms with Crippen molar-refractivity contribution in [1.82, 2.24) is 4.90 Å². The number of nitrogens with zero attached hydrogens (tertiary/aromatic N) is 2. The maximum absolute atomic E-state index is 13.0. The number of aliphatic hydroxyl groups is 1. The van der Waals surface area contributed by atoms with E-state index in [4.69, 9.17) is 10.9 Å². The van der Waals surface area contributed by atoms with Gasteiger partial charge in [-0.2, -0.15) is 0 Å². The van der Waals surface area contributed by atoms with Crippen LogP contribution < -0.4 is 5.73 Å². The molecule has 3 aliphatic rings. The molecule has 3 fully saturated rings. The predicted octanol–water partition coefficient (Wildman–Crippen LogP) is 0.913. The third-order valence-corrected chi connectivity index (χ3v) is 5.82. The average molecular weight is 295 g/mol. The van der Waals surface area contributed by atoms with Gasteiger partial charge in [0.1, 0.15) is 5.41 Å². The molecule has 1 aliphatic heterocycles. The normalized spacial score (nSPS) is 35.8. The monoisotopic (exact) mass is 295 g/mol. The van der Waals surface area contributed by atoms with Gasteiger partial charge in [-0.25, -0.2) is 0 Å². The molecule has 118 valence electrons. The number of rotatable bonds is 2. The average Bonchev–Trinajstić information content (AvgIpc) is 3.09. The first-order chi connectivity index (χ1) is 10.1. The zero-order valence-corrected chi connectivity index (χ0v) is 12.4. The summed E-state index contributed by atoms with van der Waals surface area (Å²) >= 11 is 0. The molecular weight excluding hydrogens is 270 g/mol. The van der Waals surface area contributed by atoms with E-state index in [1.54, 1.807) is 0 Å². The Kier molecular flexibility index (Phi) is 3.82. The van der Waals surface area contributed by atoms with E-state index in [-0.39, 0.29) is 23.8 Å². The molecule has 2 aliphatic carbocycles. The van der Waals surface area contributed by atoms with E-state index in [1.807, 2.05) is 4.90 Å². The number of hydrogen-bond donors (Lipinski definition) is 3. The van der Waals surface area contributed by atoms with Crippen molar-refractivity contribution in [2.45, 2.75) is 51.0 Å². The molecule has 2 saturated carbocycles. The van der Waals surface area contributed by atoms with Gasteiger partial charge in [0.05, 0.1) is 6.10 Å². The highest BCUT2D eigenvalue weighted by Gasteiger charge is 2.50. The van der Waals surface area contributed by atoms with Gasteiger partial charge in [-0.15, -0.1) is 0 Å². The quantitative estimate of drug-likeness (QED) is 0.305. The summed E-state index contributed by atoms with van der Waals surface area (Å²) in [4.78, 5) is 14.9. The number of hydrogen-bond acceptors (Lipinski definition) is 4. The molecule has 0 aromatic carbocycles. The van der Waals surface area contributed by atoms with Gasteiger partial charge in [0.2, 0.25) is 5.91 Å². The van der Waals surface area contributed by atoms with Crippen LogP contribution >= 0.6 is 0 Å². The summed E-state index contributed by atoms with van der Waals surface area (Å²) in [6.07, 6.45) is 5.86. The van der Waals surface area contributed by atoms with Crippen LogP contribution in [0.4, 0.5) is 0 Å². The molecule has 0 aromatic heterocycles. The lowest BCUT2D eigenvalue weighted by Gasteiger charge is -2.37. The Morgan fingerprint density at radius 1 is 1.19 bits per heavy atom. The molecule has 1 amide bonds. The number of likely N-dealkylation sites (tertiary alicyclic amines) is 1. The van der Waals surface area contributed by atoms with E-state index in [9.17, 15) is 9.90 Å². The summed E-state index contributed by atoms with van der Waals surface area (Å²) < 4.78 is 0. The fraction of sp³-hybridized carbons (Fsp3) is 0.867. The van der Waals surface area contributed by atoms with Crippen LogP contribution in [-0.4, -0.2) is 46.1 Å². The molecular formula is C15H25N3O3. The van der Waals surface area contributed by atoms with E-state index in [0.29, 0.717) is 31.8 Å². The van der Waals surface area contributed by atoms with E-state index in [2.05, 4.69) is 5.16 Å². The minimum atomic E-state index is -0.823. The van der Waals surface area contributed by atoms with E-state index >= 15 is 0 Å². The first-order valence-corrected chi connectivity index (χ1v) is 8.04. The summed E-state index contributed by atoms with van der Waals surface area (Å²) in [5.41, 5.74) is 5.07. The van der Waals surface area contributed by atoms with Crippen molar-refractivity contribution in [3.63, 3.8) is 0 Å². The summed E-state index contributed by atoms with van der Waals surface area (Å²) in [5.74, 6) is 0.683. The van der Waals surface area contributed by atoms with Gasteiger partial charge < -0.3 is 20.9 Å². The Morgan fingerprint density at radius 2 is 1.90 bits per heavy atom. The van der Waals surface area contributed by atoms with Gasteiger partial charge in [0.15, 0.2) is 5.84 Å². The fourth-order valence-corrected chi connectivity index (χ4v) is 4.54. The number of carbonyl (C=O) groups excluding carboxylic acids is 1. The zero-order chi connectivity index (χ0) is 15.0. The van der Waals surface area contributed by atoms with E-state index in [1.165, 1.54) is 0 Å². The van der Waals surface area contributed by atoms with E-state index in [0.717, 1.165) is 32.1 Å². The van der Waals surface area contributed by atoms with Crippen molar-refractivity contribution in [1.29, 1.82) is 0 Å². The van der Waals surface area contributed by atoms with Crippen LogP contribution in [0.25, 0.3) is 0 Å². The topological polar surface area (TPSA) is 99.2 Å². The highest BCUT2D eigenvalue weighted by molar-refractivity contribution is 6.06. The highest BCUT2D eigenvalue weighted by atomic mass is 16.4. The molecule has 21 heavy (non-hydrogen) atoms. The molecule has 0 spiro atoms. The Labute approximate surface area is 125 Å². The van der Waals surface area contributed by atoms with Crippen LogP contribution in [0, 0.1) is 17.3 Å². The number of oxime groups is 1. The van der Waals surface area contributed by atoms with Crippen LogP contribution in [0.5, 0.6) is 0 Å². The molecule has 6 nitrogen and oxygen atoms in total. The summed E-state index contributed by atoms with van der Waals surface area (Å²) in [6.45, 7) is 1.33. The second kappa shape index (κ2) is 5.48. The summed E-state index contributed by atoms with van der Waals surface area (Å²) in [6, 6.07) is 0. The molecule has 1 saturated heterocycles. The van der Waals surface area contributed by atoms with Crippen LogP contribution in [0.3, 0.4) is 0 Å². The zero-order valence-electron chi connectivity index (χ0n) is 12.4. The first-order valence-electron chi connectivity index (χ1n) is 8.04. The lowest BCUT2D eigenvalue weighted by Crippen LogP contribution is -2.52. The van der Waals surface area contributed by atoms with Gasteiger partial charge in [-0.3, -0.25) is 4.79 Å². The molecule has 0 aromatic rings. The number of amidine groups is 1. The van der Waals surface area contributed by atoms with Crippen molar-refractivity contribution in [2.75, 3.05) is 13.1 Å². The predicted molar refractivity (Wildman–Crippen MR) is 77.7 cm³/mol. The van der Waals surface area contributed by atoms with Crippen LogP contribution in [0.2, 0.25) is 0 Å². The number of fused-ring (bicyclic) bond motifs is 1. The first kappa shape index (κ1) is 14.6. The maximum atomic E-state index is 13.0. The van der Waals surface area contributed by atoms with Crippen LogP contribution in [0.15, 0.2) is 5.16 Å². The standard InChI is InChI=1S/C15H25N3O3/c16-13(17-21)15(6-2-1-3-7-15)14(20)18-8-10-4-5-12(19)11(10)9-18/h10-12,19,21H,1-9H2,(H2,16,17). The second-order valence-electron chi connectivity index (χ2n) is 6.91. The number of aliphatic hydroxyl groups excluding tert-OH is 1. The Hall–Kier alpha value is -1.30. The van der Waals surface area contributed by atoms with Crippen molar-refractivity contribution >= 4 is 11.7 Å².